The first-order chi connectivity index (χ1) is 14.7. The Morgan fingerprint density at radius 3 is 2.39 bits per heavy atom. The van der Waals surface area contributed by atoms with Crippen LogP contribution in [0.15, 0.2) is 46.0 Å². The molecule has 1 aliphatic heterocycles. The second-order valence-electron chi connectivity index (χ2n) is 8.43. The number of anilines is 1. The minimum Gasteiger partial charge on any atom is -0.467 e. The molecule has 2 aromatic rings. The first kappa shape index (κ1) is 23.3. The molecule has 0 saturated carbocycles. The van der Waals surface area contributed by atoms with Crippen LogP contribution in [-0.2, 0) is 21.4 Å². The number of hydrogen-bond acceptors (Lipinski definition) is 6. The van der Waals surface area contributed by atoms with Gasteiger partial charge >= 0.3 is 0 Å². The van der Waals surface area contributed by atoms with Crippen molar-refractivity contribution in [1.82, 2.24) is 14.6 Å². The Hall–Kier alpha value is -2.39. The lowest BCUT2D eigenvalue weighted by atomic mass is 9.96. The number of piperidine rings is 1. The van der Waals surface area contributed by atoms with Gasteiger partial charge in [-0.15, -0.1) is 0 Å². The summed E-state index contributed by atoms with van der Waals surface area (Å²) in [7, 11) is -3.60. The van der Waals surface area contributed by atoms with Crippen LogP contribution in [0.3, 0.4) is 0 Å². The van der Waals surface area contributed by atoms with Gasteiger partial charge in [0, 0.05) is 37.3 Å². The molecule has 0 unspecified atom stereocenters. The first-order valence-corrected chi connectivity index (χ1v) is 12.2. The Morgan fingerprint density at radius 1 is 1.19 bits per heavy atom. The molecule has 1 saturated heterocycles. The summed E-state index contributed by atoms with van der Waals surface area (Å²) >= 11 is 0. The molecule has 0 atom stereocenters. The average molecular weight is 449 g/mol. The third-order valence-electron chi connectivity index (χ3n) is 5.52. The maximum Gasteiger partial charge on any atom is 0.245 e. The van der Waals surface area contributed by atoms with Crippen LogP contribution >= 0.6 is 0 Å². The van der Waals surface area contributed by atoms with Gasteiger partial charge in [0.1, 0.15) is 16.5 Å². The fourth-order valence-electron chi connectivity index (χ4n) is 4.09. The van der Waals surface area contributed by atoms with Gasteiger partial charge in [-0.25, -0.2) is 13.4 Å². The Morgan fingerprint density at radius 2 is 1.87 bits per heavy atom. The van der Waals surface area contributed by atoms with Crippen molar-refractivity contribution in [3.05, 3.63) is 42.5 Å². The quantitative estimate of drug-likeness (QED) is 0.667. The number of furan rings is 1. The standard InChI is InChI=1S/C22H32N4O4S/c1-16(2)26(17(3)4)31(28,29)20-7-8-21(23-15-20)25-11-9-18(10-12-25)22(27)24-14-19-6-5-13-30-19/h5-8,13,15-18H,9-12,14H2,1-4H3,(H,24,27). The van der Waals surface area contributed by atoms with E-state index in [0.717, 1.165) is 24.4 Å². The van der Waals surface area contributed by atoms with E-state index in [9.17, 15) is 13.2 Å². The average Bonchev–Trinajstić information content (AvgIpc) is 3.25. The van der Waals surface area contributed by atoms with Crippen LogP contribution in [0.25, 0.3) is 0 Å². The van der Waals surface area contributed by atoms with Crippen molar-refractivity contribution < 1.29 is 17.6 Å². The minimum absolute atomic E-state index is 0.0351. The highest BCUT2D eigenvalue weighted by molar-refractivity contribution is 7.89. The molecule has 2 aromatic heterocycles. The number of sulfonamides is 1. The van der Waals surface area contributed by atoms with Gasteiger partial charge in [0.05, 0.1) is 12.8 Å². The Bertz CT molecular complexity index is 940. The summed E-state index contributed by atoms with van der Waals surface area (Å²) in [5, 5.41) is 2.92. The zero-order chi connectivity index (χ0) is 22.6. The fraction of sp³-hybridized carbons (Fsp3) is 0.545. The number of pyridine rings is 1. The molecule has 3 heterocycles. The van der Waals surface area contributed by atoms with E-state index in [2.05, 4.69) is 15.2 Å². The van der Waals surface area contributed by atoms with Crippen LogP contribution in [0.5, 0.6) is 0 Å². The Labute approximate surface area is 184 Å². The van der Waals surface area contributed by atoms with E-state index in [4.69, 9.17) is 4.42 Å². The lowest BCUT2D eigenvalue weighted by molar-refractivity contribution is -0.125. The molecule has 31 heavy (non-hydrogen) atoms. The summed E-state index contributed by atoms with van der Waals surface area (Å²) in [6, 6.07) is 6.73. The van der Waals surface area contributed by atoms with Gasteiger partial charge in [0.25, 0.3) is 0 Å². The monoisotopic (exact) mass is 448 g/mol. The molecule has 8 nitrogen and oxygen atoms in total. The number of nitrogens with one attached hydrogen (secondary N) is 1. The lowest BCUT2D eigenvalue weighted by Crippen LogP contribution is -2.42. The van der Waals surface area contributed by atoms with Gasteiger partial charge in [-0.1, -0.05) is 0 Å². The van der Waals surface area contributed by atoms with Gasteiger partial charge in [-0.3, -0.25) is 4.79 Å². The molecule has 0 radical (unpaired) electrons. The van der Waals surface area contributed by atoms with Crippen molar-refractivity contribution in [2.24, 2.45) is 5.92 Å². The highest BCUT2D eigenvalue weighted by atomic mass is 32.2. The highest BCUT2D eigenvalue weighted by Crippen LogP contribution is 2.25. The van der Waals surface area contributed by atoms with E-state index < -0.39 is 10.0 Å². The van der Waals surface area contributed by atoms with Gasteiger partial charge in [-0.2, -0.15) is 4.31 Å². The van der Waals surface area contributed by atoms with Gasteiger partial charge < -0.3 is 14.6 Å². The van der Waals surface area contributed by atoms with Crippen molar-refractivity contribution in [2.75, 3.05) is 18.0 Å². The molecule has 0 aliphatic carbocycles. The molecule has 1 fully saturated rings. The SMILES string of the molecule is CC(C)N(C(C)C)S(=O)(=O)c1ccc(N2CCC(C(=O)NCc3ccco3)CC2)nc1. The summed E-state index contributed by atoms with van der Waals surface area (Å²) in [5.41, 5.74) is 0. The van der Waals surface area contributed by atoms with Crippen LogP contribution in [0.2, 0.25) is 0 Å². The molecule has 9 heteroatoms. The fourth-order valence-corrected chi connectivity index (χ4v) is 5.87. The molecular formula is C22H32N4O4S. The van der Waals surface area contributed by atoms with E-state index in [-0.39, 0.29) is 28.8 Å². The van der Waals surface area contributed by atoms with Gasteiger partial charge in [0.2, 0.25) is 15.9 Å². The molecule has 3 rings (SSSR count). The number of hydrogen-bond donors (Lipinski definition) is 1. The first-order valence-electron chi connectivity index (χ1n) is 10.7. The summed E-state index contributed by atoms with van der Waals surface area (Å²) in [5.74, 6) is 1.46. The molecule has 1 amide bonds. The predicted molar refractivity (Wildman–Crippen MR) is 119 cm³/mol. The Kier molecular flexibility index (Phi) is 7.38. The van der Waals surface area contributed by atoms with Crippen LogP contribution in [-0.4, -0.2) is 48.8 Å². The topological polar surface area (TPSA) is 95.8 Å². The van der Waals surface area contributed by atoms with Gasteiger partial charge in [-0.05, 0) is 64.8 Å². The predicted octanol–water partition coefficient (Wildman–Crippen LogP) is 3.01. The van der Waals surface area contributed by atoms with E-state index in [1.165, 1.54) is 10.5 Å². The number of nitrogens with zero attached hydrogens (tertiary/aromatic N) is 3. The smallest absolute Gasteiger partial charge is 0.245 e. The van der Waals surface area contributed by atoms with Crippen molar-refractivity contribution in [2.45, 2.75) is 64.1 Å². The molecule has 1 aliphatic rings. The lowest BCUT2D eigenvalue weighted by Gasteiger charge is -2.32. The molecule has 0 bridgehead atoms. The van der Waals surface area contributed by atoms with Crippen LogP contribution in [0.4, 0.5) is 5.82 Å². The third-order valence-corrected chi connectivity index (χ3v) is 7.76. The maximum absolute atomic E-state index is 13.0. The molecule has 0 spiro atoms. The highest BCUT2D eigenvalue weighted by Gasteiger charge is 2.30. The number of carbonyl (C=O) groups is 1. The molecule has 170 valence electrons. The zero-order valence-corrected chi connectivity index (χ0v) is 19.4. The number of aromatic nitrogens is 1. The molecular weight excluding hydrogens is 416 g/mol. The Balaban J connectivity index is 1.58. The summed E-state index contributed by atoms with van der Waals surface area (Å²) in [6.45, 7) is 9.27. The third kappa shape index (κ3) is 5.46. The van der Waals surface area contributed by atoms with Crippen LogP contribution in [0.1, 0.15) is 46.3 Å². The normalized spacial score (nSPS) is 15.8. The van der Waals surface area contributed by atoms with Crippen molar-refractivity contribution in [3.63, 3.8) is 0 Å². The second kappa shape index (κ2) is 9.82. The molecule has 0 aromatic carbocycles. The van der Waals surface area contributed by atoms with E-state index in [0.29, 0.717) is 19.6 Å². The summed E-state index contributed by atoms with van der Waals surface area (Å²) in [4.78, 5) is 19.1. The number of rotatable bonds is 8. The van der Waals surface area contributed by atoms with E-state index in [1.54, 1.807) is 24.5 Å². The maximum atomic E-state index is 13.0. The number of carbonyl (C=O) groups excluding carboxylic acids is 1. The molecule has 1 N–H and O–H groups in total. The van der Waals surface area contributed by atoms with Crippen LogP contribution < -0.4 is 10.2 Å². The second-order valence-corrected chi connectivity index (χ2v) is 10.3. The van der Waals surface area contributed by atoms with Crippen molar-refractivity contribution in [3.8, 4) is 0 Å². The largest absolute Gasteiger partial charge is 0.467 e. The van der Waals surface area contributed by atoms with Gasteiger partial charge in [0.15, 0.2) is 0 Å². The zero-order valence-electron chi connectivity index (χ0n) is 18.6. The van der Waals surface area contributed by atoms with Crippen molar-refractivity contribution in [1.29, 1.82) is 0 Å². The number of amides is 1. The van der Waals surface area contributed by atoms with Crippen molar-refractivity contribution >= 4 is 21.7 Å². The summed E-state index contributed by atoms with van der Waals surface area (Å²) < 4.78 is 32.7. The van der Waals surface area contributed by atoms with Crippen LogP contribution in [0, 0.1) is 5.92 Å². The van der Waals surface area contributed by atoms with E-state index in [1.807, 2.05) is 33.8 Å². The minimum atomic E-state index is -3.60. The van der Waals surface area contributed by atoms with E-state index >= 15 is 0 Å². The summed E-state index contributed by atoms with van der Waals surface area (Å²) in [6.07, 6.45) is 4.47.